The van der Waals surface area contributed by atoms with Crippen LogP contribution in [0.15, 0.2) is 18.5 Å². The predicted octanol–water partition coefficient (Wildman–Crippen LogP) is 0.955. The molecule has 0 saturated heterocycles. The summed E-state index contributed by atoms with van der Waals surface area (Å²) in [5, 5.41) is 8.41. The third-order valence-corrected chi connectivity index (χ3v) is 1.17. The molecule has 0 atom stereocenters. The number of halogens is 1. The number of aliphatic hydroxyl groups is 1. The highest BCUT2D eigenvalue weighted by atomic mass is 19.1. The largest absolute Gasteiger partial charge is 0.395 e. The van der Waals surface area contributed by atoms with Crippen LogP contribution in [0.25, 0.3) is 0 Å². The van der Waals surface area contributed by atoms with Crippen LogP contribution < -0.4 is 0 Å². The third kappa shape index (κ3) is 2.69. The molecule has 0 aliphatic carbocycles. The van der Waals surface area contributed by atoms with E-state index in [1.807, 2.05) is 0 Å². The lowest BCUT2D eigenvalue weighted by molar-refractivity contribution is 0.305. The lowest BCUT2D eigenvalue weighted by Gasteiger charge is -1.88. The van der Waals surface area contributed by atoms with Gasteiger partial charge in [0.15, 0.2) is 0 Å². The van der Waals surface area contributed by atoms with Crippen LogP contribution in [0.2, 0.25) is 0 Å². The number of pyridine rings is 1. The number of hydrogen-bond donors (Lipinski definition) is 1. The van der Waals surface area contributed by atoms with Crippen LogP contribution in [0.1, 0.15) is 12.0 Å². The van der Waals surface area contributed by atoms with Crippen molar-refractivity contribution in [2.24, 2.45) is 0 Å². The van der Waals surface area contributed by atoms with Crippen molar-refractivity contribution >= 4 is 0 Å². The highest BCUT2D eigenvalue weighted by molar-refractivity contribution is 5.31. The van der Waals surface area contributed by atoms with E-state index in [4.69, 9.17) is 5.11 Å². The first-order valence-electron chi connectivity index (χ1n) is 3.53. The molecule has 2 nitrogen and oxygen atoms in total. The maximum Gasteiger partial charge on any atom is 0.142 e. The molecule has 1 aromatic heterocycles. The quantitative estimate of drug-likeness (QED) is 0.628. The van der Waals surface area contributed by atoms with Gasteiger partial charge >= 0.3 is 0 Å². The molecule has 0 aromatic carbocycles. The maximum absolute atomic E-state index is 12.5. The topological polar surface area (TPSA) is 33.1 Å². The summed E-state index contributed by atoms with van der Waals surface area (Å²) >= 11 is 0. The Kier molecular flexibility index (Phi) is 3.24. The van der Waals surface area contributed by atoms with Crippen molar-refractivity contribution in [2.75, 3.05) is 6.61 Å². The van der Waals surface area contributed by atoms with E-state index in [0.717, 1.165) is 6.20 Å². The summed E-state index contributed by atoms with van der Waals surface area (Å²) < 4.78 is 12.5. The molecule has 62 valence electrons. The molecule has 1 heterocycles. The fourth-order valence-corrected chi connectivity index (χ4v) is 0.701. The summed E-state index contributed by atoms with van der Waals surface area (Å²) in [5.74, 6) is 4.95. The number of nitrogens with zero attached hydrogens (tertiary/aromatic N) is 1. The van der Waals surface area contributed by atoms with Crippen molar-refractivity contribution in [2.45, 2.75) is 6.42 Å². The van der Waals surface area contributed by atoms with E-state index in [2.05, 4.69) is 16.8 Å². The molecule has 1 N–H and O–H groups in total. The van der Waals surface area contributed by atoms with Gasteiger partial charge in [-0.3, -0.25) is 4.98 Å². The average molecular weight is 165 g/mol. The smallest absolute Gasteiger partial charge is 0.142 e. The summed E-state index contributed by atoms with van der Waals surface area (Å²) in [4.78, 5) is 3.62. The molecule has 0 radical (unpaired) electrons. The summed E-state index contributed by atoms with van der Waals surface area (Å²) in [7, 11) is 0. The van der Waals surface area contributed by atoms with E-state index >= 15 is 0 Å². The number of aliphatic hydroxyl groups excluding tert-OH is 1. The molecule has 0 aliphatic rings. The lowest BCUT2D eigenvalue weighted by Crippen LogP contribution is -1.82. The molecule has 0 aliphatic heterocycles. The van der Waals surface area contributed by atoms with Gasteiger partial charge in [0.25, 0.3) is 0 Å². The SMILES string of the molecule is OCCC#Cc1cncc(F)c1. The van der Waals surface area contributed by atoms with Gasteiger partial charge in [-0.15, -0.1) is 0 Å². The second-order valence-corrected chi connectivity index (χ2v) is 2.17. The Hall–Kier alpha value is -1.40. The first-order valence-corrected chi connectivity index (χ1v) is 3.53. The van der Waals surface area contributed by atoms with Crippen molar-refractivity contribution in [3.05, 3.63) is 29.8 Å². The molecular formula is C9H8FNO. The van der Waals surface area contributed by atoms with Gasteiger partial charge in [-0.25, -0.2) is 4.39 Å². The Bertz CT molecular complexity index is 314. The maximum atomic E-state index is 12.5. The van der Waals surface area contributed by atoms with E-state index in [0.29, 0.717) is 12.0 Å². The van der Waals surface area contributed by atoms with Crippen LogP contribution in [0.3, 0.4) is 0 Å². The van der Waals surface area contributed by atoms with E-state index < -0.39 is 5.82 Å². The van der Waals surface area contributed by atoms with Crippen LogP contribution in [-0.4, -0.2) is 16.7 Å². The van der Waals surface area contributed by atoms with Crippen LogP contribution in [0.4, 0.5) is 4.39 Å². The highest BCUT2D eigenvalue weighted by Crippen LogP contribution is 1.98. The second-order valence-electron chi connectivity index (χ2n) is 2.17. The Morgan fingerprint density at radius 3 is 3.00 bits per heavy atom. The predicted molar refractivity (Wildman–Crippen MR) is 42.8 cm³/mol. The number of aromatic nitrogens is 1. The van der Waals surface area contributed by atoms with Gasteiger partial charge in [-0.1, -0.05) is 11.8 Å². The molecule has 12 heavy (non-hydrogen) atoms. The average Bonchev–Trinajstić information content (AvgIpc) is 2.05. The zero-order chi connectivity index (χ0) is 8.81. The van der Waals surface area contributed by atoms with Gasteiger partial charge in [-0.2, -0.15) is 0 Å². The van der Waals surface area contributed by atoms with E-state index in [1.54, 1.807) is 0 Å². The fourth-order valence-electron chi connectivity index (χ4n) is 0.701. The Morgan fingerprint density at radius 1 is 1.50 bits per heavy atom. The minimum absolute atomic E-state index is 0.0236. The fraction of sp³-hybridized carbons (Fsp3) is 0.222. The van der Waals surface area contributed by atoms with Crippen molar-refractivity contribution < 1.29 is 9.50 Å². The first-order chi connectivity index (χ1) is 5.83. The van der Waals surface area contributed by atoms with E-state index in [-0.39, 0.29) is 6.61 Å². The molecule has 0 fully saturated rings. The Morgan fingerprint density at radius 2 is 2.33 bits per heavy atom. The molecule has 0 bridgehead atoms. The van der Waals surface area contributed by atoms with E-state index in [9.17, 15) is 4.39 Å². The summed E-state index contributed by atoms with van der Waals surface area (Å²) in [6, 6.07) is 1.30. The molecule has 1 rings (SSSR count). The minimum atomic E-state index is -0.397. The van der Waals surface area contributed by atoms with Crippen LogP contribution in [0, 0.1) is 17.7 Å². The van der Waals surface area contributed by atoms with Gasteiger partial charge in [0, 0.05) is 18.2 Å². The Balaban J connectivity index is 2.71. The molecule has 0 amide bonds. The molecule has 0 saturated carbocycles. The van der Waals surface area contributed by atoms with E-state index in [1.165, 1.54) is 12.3 Å². The van der Waals surface area contributed by atoms with Crippen molar-refractivity contribution in [3.63, 3.8) is 0 Å². The van der Waals surface area contributed by atoms with Gasteiger partial charge in [0.2, 0.25) is 0 Å². The molecule has 1 aromatic rings. The van der Waals surface area contributed by atoms with Crippen LogP contribution in [0.5, 0.6) is 0 Å². The number of rotatable bonds is 1. The first kappa shape index (κ1) is 8.69. The van der Waals surface area contributed by atoms with Crippen LogP contribution in [-0.2, 0) is 0 Å². The molecule has 0 spiro atoms. The summed E-state index contributed by atoms with van der Waals surface area (Å²) in [6.45, 7) is 0.0236. The highest BCUT2D eigenvalue weighted by Gasteiger charge is 1.89. The van der Waals surface area contributed by atoms with Crippen LogP contribution >= 0.6 is 0 Å². The second kappa shape index (κ2) is 4.47. The summed E-state index contributed by atoms with van der Waals surface area (Å²) in [5.41, 5.74) is 0.531. The summed E-state index contributed by atoms with van der Waals surface area (Å²) in [6.07, 6.45) is 3.00. The molecule has 3 heteroatoms. The number of hydrogen-bond acceptors (Lipinski definition) is 2. The van der Waals surface area contributed by atoms with Gasteiger partial charge in [0.1, 0.15) is 5.82 Å². The van der Waals surface area contributed by atoms with Gasteiger partial charge in [0.05, 0.1) is 12.8 Å². The zero-order valence-corrected chi connectivity index (χ0v) is 6.42. The van der Waals surface area contributed by atoms with Gasteiger partial charge in [-0.05, 0) is 6.07 Å². The molecule has 0 unspecified atom stereocenters. The normalized spacial score (nSPS) is 8.83. The molecular weight excluding hydrogens is 157 g/mol. The minimum Gasteiger partial charge on any atom is -0.395 e. The third-order valence-electron chi connectivity index (χ3n) is 1.17. The monoisotopic (exact) mass is 165 g/mol. The standard InChI is InChI=1S/C9H8FNO/c10-9-5-8(6-11-7-9)3-1-2-4-12/h5-7,12H,2,4H2. The van der Waals surface area contributed by atoms with Crippen molar-refractivity contribution in [1.82, 2.24) is 4.98 Å². The van der Waals surface area contributed by atoms with Crippen molar-refractivity contribution in [3.8, 4) is 11.8 Å². The lowest BCUT2D eigenvalue weighted by atomic mass is 10.3. The Labute approximate surface area is 70.1 Å². The van der Waals surface area contributed by atoms with Gasteiger partial charge < -0.3 is 5.11 Å². The van der Waals surface area contributed by atoms with Crippen molar-refractivity contribution in [1.29, 1.82) is 0 Å². The zero-order valence-electron chi connectivity index (χ0n) is 6.42.